The van der Waals surface area contributed by atoms with E-state index in [1.807, 2.05) is 0 Å². The molecule has 7 heteroatoms. The number of anilines is 2. The maximum Gasteiger partial charge on any atom is 0.258 e. The molecule has 1 aromatic carbocycles. The third-order valence-electron chi connectivity index (χ3n) is 3.71. The van der Waals surface area contributed by atoms with Gasteiger partial charge in [-0.1, -0.05) is 0 Å². The summed E-state index contributed by atoms with van der Waals surface area (Å²) in [6, 6.07) is 2.73. The Kier molecular flexibility index (Phi) is 4.45. The third kappa shape index (κ3) is 3.61. The van der Waals surface area contributed by atoms with Gasteiger partial charge in [-0.25, -0.2) is 18.7 Å². The van der Waals surface area contributed by atoms with Gasteiger partial charge in [-0.05, 0) is 37.5 Å². The number of hydrogen-bond acceptors (Lipinski definition) is 4. The Bertz CT molecular complexity index is 700. The first-order valence-corrected chi connectivity index (χ1v) is 7.47. The number of halogens is 2. The first-order valence-electron chi connectivity index (χ1n) is 7.47. The van der Waals surface area contributed by atoms with Gasteiger partial charge in [0.25, 0.3) is 5.91 Å². The van der Waals surface area contributed by atoms with Crippen molar-refractivity contribution >= 4 is 17.5 Å². The first-order chi connectivity index (χ1) is 11.1. The Balaban J connectivity index is 1.70. The van der Waals surface area contributed by atoms with E-state index in [1.165, 1.54) is 18.8 Å². The molecule has 0 atom stereocenters. The van der Waals surface area contributed by atoms with Gasteiger partial charge in [0, 0.05) is 13.1 Å². The van der Waals surface area contributed by atoms with Crippen molar-refractivity contribution < 1.29 is 13.6 Å². The van der Waals surface area contributed by atoms with Crippen molar-refractivity contribution in [3.63, 3.8) is 0 Å². The van der Waals surface area contributed by atoms with Crippen molar-refractivity contribution in [1.29, 1.82) is 0 Å². The number of amides is 1. The quantitative estimate of drug-likeness (QED) is 0.945. The largest absolute Gasteiger partial charge is 0.341 e. The summed E-state index contributed by atoms with van der Waals surface area (Å²) in [7, 11) is 0. The van der Waals surface area contributed by atoms with Crippen LogP contribution in [0.3, 0.4) is 0 Å². The summed E-state index contributed by atoms with van der Waals surface area (Å²) >= 11 is 0. The summed E-state index contributed by atoms with van der Waals surface area (Å²) in [6.45, 7) is 1.83. The van der Waals surface area contributed by atoms with Gasteiger partial charge >= 0.3 is 0 Å². The van der Waals surface area contributed by atoms with E-state index in [-0.39, 0.29) is 5.56 Å². The summed E-state index contributed by atoms with van der Waals surface area (Å²) in [6.07, 6.45) is 6.36. The highest BCUT2D eigenvalue weighted by atomic mass is 19.1. The molecule has 3 rings (SSSR count). The number of aromatic nitrogens is 2. The SMILES string of the molecule is O=C(Nc1cnc(N2CCCCC2)nc1)c1cc(F)ccc1F. The van der Waals surface area contributed by atoms with Crippen LogP contribution in [0, 0.1) is 11.6 Å². The molecule has 5 nitrogen and oxygen atoms in total. The monoisotopic (exact) mass is 318 g/mol. The lowest BCUT2D eigenvalue weighted by Crippen LogP contribution is -2.30. The number of hydrogen-bond donors (Lipinski definition) is 1. The molecular formula is C16H16F2N4O. The van der Waals surface area contributed by atoms with E-state index in [4.69, 9.17) is 0 Å². The zero-order valence-corrected chi connectivity index (χ0v) is 12.4. The standard InChI is InChI=1S/C16H16F2N4O/c17-11-4-5-14(18)13(8-11)15(23)21-12-9-19-16(20-10-12)22-6-2-1-3-7-22/h4-5,8-10H,1-3,6-7H2,(H,21,23). The molecule has 0 bridgehead atoms. The van der Waals surface area contributed by atoms with Crippen LogP contribution >= 0.6 is 0 Å². The van der Waals surface area contributed by atoms with Gasteiger partial charge in [-0.3, -0.25) is 4.79 Å². The summed E-state index contributed by atoms with van der Waals surface area (Å²) in [5.74, 6) is -1.58. The van der Waals surface area contributed by atoms with Crippen LogP contribution in [0.15, 0.2) is 30.6 Å². The molecule has 0 saturated carbocycles. The summed E-state index contributed by atoms with van der Waals surface area (Å²) in [4.78, 5) is 22.5. The maximum absolute atomic E-state index is 13.6. The molecule has 2 heterocycles. The highest BCUT2D eigenvalue weighted by Crippen LogP contribution is 2.17. The van der Waals surface area contributed by atoms with E-state index in [0.717, 1.165) is 44.1 Å². The van der Waals surface area contributed by atoms with E-state index in [9.17, 15) is 13.6 Å². The molecule has 0 spiro atoms. The number of nitrogens with zero attached hydrogens (tertiary/aromatic N) is 3. The molecule has 23 heavy (non-hydrogen) atoms. The lowest BCUT2D eigenvalue weighted by molar-refractivity contribution is 0.102. The van der Waals surface area contributed by atoms with Crippen molar-refractivity contribution in [3.8, 4) is 0 Å². The Morgan fingerprint density at radius 3 is 2.48 bits per heavy atom. The second-order valence-corrected chi connectivity index (χ2v) is 5.40. The fraction of sp³-hybridized carbons (Fsp3) is 0.312. The van der Waals surface area contributed by atoms with Crippen LogP contribution in [0.4, 0.5) is 20.4 Å². The smallest absolute Gasteiger partial charge is 0.258 e. The Labute approximate surface area is 132 Å². The molecule has 2 aromatic rings. The topological polar surface area (TPSA) is 58.1 Å². The molecule has 120 valence electrons. The van der Waals surface area contributed by atoms with Crippen molar-refractivity contribution in [1.82, 2.24) is 9.97 Å². The average Bonchev–Trinajstić information content (AvgIpc) is 2.58. The molecule has 1 amide bonds. The Morgan fingerprint density at radius 2 is 1.78 bits per heavy atom. The predicted octanol–water partition coefficient (Wildman–Crippen LogP) is 3.00. The number of carbonyl (C=O) groups is 1. The molecule has 1 aliphatic rings. The minimum absolute atomic E-state index is 0.333. The van der Waals surface area contributed by atoms with Crippen LogP contribution in [0.1, 0.15) is 29.6 Å². The summed E-state index contributed by atoms with van der Waals surface area (Å²) in [5, 5.41) is 2.47. The van der Waals surface area contributed by atoms with Crippen LogP contribution in [0.5, 0.6) is 0 Å². The van der Waals surface area contributed by atoms with Gasteiger partial charge in [-0.15, -0.1) is 0 Å². The number of rotatable bonds is 3. The van der Waals surface area contributed by atoms with E-state index in [0.29, 0.717) is 11.6 Å². The van der Waals surface area contributed by atoms with Gasteiger partial charge < -0.3 is 10.2 Å². The maximum atomic E-state index is 13.6. The highest BCUT2D eigenvalue weighted by molar-refractivity contribution is 6.04. The number of nitrogens with one attached hydrogen (secondary N) is 1. The minimum Gasteiger partial charge on any atom is -0.341 e. The van der Waals surface area contributed by atoms with Crippen LogP contribution in [-0.4, -0.2) is 29.0 Å². The molecule has 1 saturated heterocycles. The lowest BCUT2D eigenvalue weighted by atomic mass is 10.1. The van der Waals surface area contributed by atoms with Gasteiger partial charge in [0.15, 0.2) is 0 Å². The highest BCUT2D eigenvalue weighted by Gasteiger charge is 2.15. The fourth-order valence-electron chi connectivity index (χ4n) is 2.51. The summed E-state index contributed by atoms with van der Waals surface area (Å²) < 4.78 is 26.7. The van der Waals surface area contributed by atoms with Crippen LogP contribution in [-0.2, 0) is 0 Å². The number of benzene rings is 1. The number of piperidine rings is 1. The third-order valence-corrected chi connectivity index (χ3v) is 3.71. The Hall–Kier alpha value is -2.57. The molecule has 0 aliphatic carbocycles. The number of carbonyl (C=O) groups excluding carboxylic acids is 1. The lowest BCUT2D eigenvalue weighted by Gasteiger charge is -2.26. The fourth-order valence-corrected chi connectivity index (χ4v) is 2.51. The zero-order chi connectivity index (χ0) is 16.2. The van der Waals surface area contributed by atoms with E-state index >= 15 is 0 Å². The van der Waals surface area contributed by atoms with Crippen molar-refractivity contribution in [3.05, 3.63) is 47.8 Å². The van der Waals surface area contributed by atoms with Crippen molar-refractivity contribution in [2.75, 3.05) is 23.3 Å². The normalized spacial score (nSPS) is 14.6. The van der Waals surface area contributed by atoms with E-state index in [2.05, 4.69) is 20.2 Å². The molecule has 1 aromatic heterocycles. The first kappa shape index (κ1) is 15.3. The molecule has 0 radical (unpaired) electrons. The molecule has 1 N–H and O–H groups in total. The van der Waals surface area contributed by atoms with Crippen molar-refractivity contribution in [2.45, 2.75) is 19.3 Å². The van der Waals surface area contributed by atoms with Gasteiger partial charge in [0.05, 0.1) is 23.6 Å². The van der Waals surface area contributed by atoms with Crippen LogP contribution < -0.4 is 10.2 Å². The molecule has 0 unspecified atom stereocenters. The van der Waals surface area contributed by atoms with E-state index in [1.54, 1.807) is 0 Å². The second-order valence-electron chi connectivity index (χ2n) is 5.40. The van der Waals surface area contributed by atoms with Crippen LogP contribution in [0.2, 0.25) is 0 Å². The zero-order valence-electron chi connectivity index (χ0n) is 12.4. The van der Waals surface area contributed by atoms with Gasteiger partial charge in [0.1, 0.15) is 11.6 Å². The Morgan fingerprint density at radius 1 is 1.09 bits per heavy atom. The second kappa shape index (κ2) is 6.68. The van der Waals surface area contributed by atoms with Gasteiger partial charge in [0.2, 0.25) is 5.95 Å². The predicted molar refractivity (Wildman–Crippen MR) is 82.4 cm³/mol. The van der Waals surface area contributed by atoms with Gasteiger partial charge in [-0.2, -0.15) is 0 Å². The van der Waals surface area contributed by atoms with Crippen molar-refractivity contribution in [2.24, 2.45) is 0 Å². The molecule has 1 fully saturated rings. The molecule has 1 aliphatic heterocycles. The molecular weight excluding hydrogens is 302 g/mol. The van der Waals surface area contributed by atoms with E-state index < -0.39 is 17.5 Å². The average molecular weight is 318 g/mol. The summed E-state index contributed by atoms with van der Waals surface area (Å²) in [5.41, 5.74) is -0.0236. The van der Waals surface area contributed by atoms with Crippen LogP contribution in [0.25, 0.3) is 0 Å². The minimum atomic E-state index is -0.783.